The molecule has 1 unspecified atom stereocenters. The second-order valence-electron chi connectivity index (χ2n) is 3.76. The standard InChI is InChI=1S/C12H13F3O3/c13-12(14,15)8-18-7-6-10(11(16)17)9-4-2-1-3-5-9/h1-5,10H,6-8H2,(H,16,17). The van der Waals surface area contributed by atoms with Crippen molar-refractivity contribution in [2.24, 2.45) is 0 Å². The predicted octanol–water partition coefficient (Wildman–Crippen LogP) is 2.82. The molecule has 3 nitrogen and oxygen atoms in total. The number of aliphatic carboxylic acids is 1. The van der Waals surface area contributed by atoms with Crippen LogP contribution in [0.5, 0.6) is 0 Å². The van der Waals surface area contributed by atoms with E-state index in [0.717, 1.165) is 0 Å². The van der Waals surface area contributed by atoms with Gasteiger partial charge in [0.25, 0.3) is 0 Å². The second-order valence-corrected chi connectivity index (χ2v) is 3.76. The molecular weight excluding hydrogens is 249 g/mol. The second kappa shape index (κ2) is 6.39. The van der Waals surface area contributed by atoms with E-state index in [1.54, 1.807) is 30.3 Å². The molecule has 1 aromatic rings. The highest BCUT2D eigenvalue weighted by atomic mass is 19.4. The molecule has 0 bridgehead atoms. The Morgan fingerprint density at radius 1 is 1.28 bits per heavy atom. The maximum atomic E-state index is 11.8. The van der Waals surface area contributed by atoms with Crippen LogP contribution in [-0.4, -0.2) is 30.5 Å². The molecule has 1 atom stereocenters. The average molecular weight is 262 g/mol. The Bertz CT molecular complexity index is 376. The van der Waals surface area contributed by atoms with Crippen LogP contribution < -0.4 is 0 Å². The van der Waals surface area contributed by atoms with Crippen molar-refractivity contribution in [1.82, 2.24) is 0 Å². The summed E-state index contributed by atoms with van der Waals surface area (Å²) in [5.41, 5.74) is 0.556. The van der Waals surface area contributed by atoms with Crippen molar-refractivity contribution in [3.8, 4) is 0 Å². The minimum absolute atomic E-state index is 0.00935. The Hall–Kier alpha value is -1.56. The third-order valence-electron chi connectivity index (χ3n) is 2.32. The number of rotatable bonds is 6. The first-order valence-corrected chi connectivity index (χ1v) is 5.32. The van der Waals surface area contributed by atoms with E-state index in [2.05, 4.69) is 4.74 Å². The van der Waals surface area contributed by atoms with Crippen molar-refractivity contribution in [1.29, 1.82) is 0 Å². The fraction of sp³-hybridized carbons (Fsp3) is 0.417. The Kier molecular flexibility index (Phi) is 5.15. The first kappa shape index (κ1) is 14.5. The zero-order chi connectivity index (χ0) is 13.6. The molecular formula is C12H13F3O3. The van der Waals surface area contributed by atoms with Gasteiger partial charge in [0.15, 0.2) is 0 Å². The number of carboxylic acids is 1. The highest BCUT2D eigenvalue weighted by molar-refractivity contribution is 5.75. The number of carbonyl (C=O) groups is 1. The van der Waals surface area contributed by atoms with Gasteiger partial charge >= 0.3 is 12.1 Å². The summed E-state index contributed by atoms with van der Waals surface area (Å²) >= 11 is 0. The van der Waals surface area contributed by atoms with Crippen LogP contribution in [0.1, 0.15) is 17.9 Å². The van der Waals surface area contributed by atoms with Crippen molar-refractivity contribution in [2.75, 3.05) is 13.2 Å². The molecule has 1 N–H and O–H groups in total. The molecule has 6 heteroatoms. The monoisotopic (exact) mass is 262 g/mol. The molecule has 0 amide bonds. The van der Waals surface area contributed by atoms with Gasteiger partial charge < -0.3 is 9.84 Å². The van der Waals surface area contributed by atoms with Crippen LogP contribution in [0.4, 0.5) is 13.2 Å². The molecule has 0 saturated carbocycles. The summed E-state index contributed by atoms with van der Waals surface area (Å²) in [4.78, 5) is 11.0. The van der Waals surface area contributed by atoms with E-state index in [0.29, 0.717) is 5.56 Å². The molecule has 0 aromatic heterocycles. The minimum Gasteiger partial charge on any atom is -0.481 e. The Balaban J connectivity index is 2.48. The summed E-state index contributed by atoms with van der Waals surface area (Å²) in [6, 6.07) is 8.36. The Morgan fingerprint density at radius 3 is 2.39 bits per heavy atom. The normalized spacial score (nSPS) is 13.3. The van der Waals surface area contributed by atoms with Crippen LogP contribution >= 0.6 is 0 Å². The molecule has 1 rings (SSSR count). The van der Waals surface area contributed by atoms with Gasteiger partial charge in [-0.05, 0) is 12.0 Å². The summed E-state index contributed by atoms with van der Waals surface area (Å²) in [6.45, 7) is -1.60. The van der Waals surface area contributed by atoms with Gasteiger partial charge in [0.2, 0.25) is 0 Å². The van der Waals surface area contributed by atoms with Crippen LogP contribution in [-0.2, 0) is 9.53 Å². The van der Waals surface area contributed by atoms with E-state index in [9.17, 15) is 18.0 Å². The molecule has 0 fully saturated rings. The van der Waals surface area contributed by atoms with Crippen LogP contribution in [0.3, 0.4) is 0 Å². The lowest BCUT2D eigenvalue weighted by Crippen LogP contribution is -2.19. The van der Waals surface area contributed by atoms with E-state index in [4.69, 9.17) is 5.11 Å². The van der Waals surface area contributed by atoms with Crippen LogP contribution in [0, 0.1) is 0 Å². The van der Waals surface area contributed by atoms with Crippen LogP contribution in [0.25, 0.3) is 0 Å². The molecule has 0 heterocycles. The number of benzene rings is 1. The molecule has 100 valence electrons. The molecule has 18 heavy (non-hydrogen) atoms. The lowest BCUT2D eigenvalue weighted by molar-refractivity contribution is -0.174. The molecule has 0 aliphatic heterocycles. The maximum absolute atomic E-state index is 11.8. The van der Waals surface area contributed by atoms with Crippen LogP contribution in [0.15, 0.2) is 30.3 Å². The van der Waals surface area contributed by atoms with E-state index >= 15 is 0 Å². The summed E-state index contributed by atoms with van der Waals surface area (Å²) in [5.74, 6) is -1.92. The number of alkyl halides is 3. The number of halogens is 3. The van der Waals surface area contributed by atoms with Gasteiger partial charge in [0.05, 0.1) is 5.92 Å². The van der Waals surface area contributed by atoms with Gasteiger partial charge in [0.1, 0.15) is 6.61 Å². The highest BCUT2D eigenvalue weighted by Crippen LogP contribution is 2.21. The number of carboxylic acid groups (broad SMARTS) is 1. The number of hydrogen-bond acceptors (Lipinski definition) is 2. The van der Waals surface area contributed by atoms with Gasteiger partial charge in [0, 0.05) is 6.61 Å². The quantitative estimate of drug-likeness (QED) is 0.802. The summed E-state index contributed by atoms with van der Waals surface area (Å²) in [5, 5.41) is 9.01. The van der Waals surface area contributed by atoms with Crippen molar-refractivity contribution in [3.63, 3.8) is 0 Å². The molecule has 0 saturated heterocycles. The number of ether oxygens (including phenoxy) is 1. The lowest BCUT2D eigenvalue weighted by atomic mass is 9.96. The van der Waals surface area contributed by atoms with Crippen molar-refractivity contribution >= 4 is 5.97 Å². The highest BCUT2D eigenvalue weighted by Gasteiger charge is 2.28. The first-order chi connectivity index (χ1) is 8.40. The SMILES string of the molecule is O=C(O)C(CCOCC(F)(F)F)c1ccccc1. The fourth-order valence-electron chi connectivity index (χ4n) is 1.51. The Labute approximate surface area is 102 Å². The summed E-state index contributed by atoms with van der Waals surface area (Å²) < 4.78 is 39.9. The molecule has 0 spiro atoms. The van der Waals surface area contributed by atoms with Gasteiger partial charge in [-0.25, -0.2) is 0 Å². The summed E-state index contributed by atoms with van der Waals surface area (Å²) in [7, 11) is 0. The third-order valence-corrected chi connectivity index (χ3v) is 2.32. The molecule has 1 aromatic carbocycles. The number of hydrogen-bond donors (Lipinski definition) is 1. The smallest absolute Gasteiger partial charge is 0.411 e. The zero-order valence-corrected chi connectivity index (χ0v) is 9.48. The van der Waals surface area contributed by atoms with Gasteiger partial charge in [-0.3, -0.25) is 4.79 Å². The van der Waals surface area contributed by atoms with Gasteiger partial charge in [-0.15, -0.1) is 0 Å². The lowest BCUT2D eigenvalue weighted by Gasteiger charge is -2.13. The van der Waals surface area contributed by atoms with E-state index in [1.165, 1.54) is 0 Å². The van der Waals surface area contributed by atoms with Crippen molar-refractivity contribution < 1.29 is 27.8 Å². The topological polar surface area (TPSA) is 46.5 Å². The van der Waals surface area contributed by atoms with Crippen LogP contribution in [0.2, 0.25) is 0 Å². The molecule has 0 aliphatic rings. The van der Waals surface area contributed by atoms with E-state index in [1.807, 2.05) is 0 Å². The zero-order valence-electron chi connectivity index (χ0n) is 9.48. The van der Waals surface area contributed by atoms with Crippen molar-refractivity contribution in [2.45, 2.75) is 18.5 Å². The summed E-state index contributed by atoms with van der Waals surface area (Å²) in [6.07, 6.45) is -4.37. The molecule has 0 radical (unpaired) electrons. The van der Waals surface area contributed by atoms with E-state index < -0.39 is 24.7 Å². The predicted molar refractivity (Wildman–Crippen MR) is 58.3 cm³/mol. The van der Waals surface area contributed by atoms with E-state index in [-0.39, 0.29) is 13.0 Å². The minimum atomic E-state index is -4.38. The Morgan fingerprint density at radius 2 is 1.89 bits per heavy atom. The largest absolute Gasteiger partial charge is 0.481 e. The first-order valence-electron chi connectivity index (χ1n) is 5.32. The molecule has 0 aliphatic carbocycles. The van der Waals surface area contributed by atoms with Gasteiger partial charge in [-0.1, -0.05) is 30.3 Å². The maximum Gasteiger partial charge on any atom is 0.411 e. The van der Waals surface area contributed by atoms with Gasteiger partial charge in [-0.2, -0.15) is 13.2 Å². The average Bonchev–Trinajstić information content (AvgIpc) is 2.28. The van der Waals surface area contributed by atoms with Crippen molar-refractivity contribution in [3.05, 3.63) is 35.9 Å². The fourth-order valence-corrected chi connectivity index (χ4v) is 1.51. The third kappa shape index (κ3) is 5.18.